The number of hydrogen-bond donors (Lipinski definition) is 2. The van der Waals surface area contributed by atoms with Crippen molar-refractivity contribution in [2.24, 2.45) is 5.92 Å². The van der Waals surface area contributed by atoms with Crippen molar-refractivity contribution in [3.05, 3.63) is 29.3 Å². The minimum atomic E-state index is -3.91. The Morgan fingerprint density at radius 1 is 1.07 bits per heavy atom. The molecular formula is C20H32N2O5S. The quantitative estimate of drug-likeness (QED) is 0.575. The summed E-state index contributed by atoms with van der Waals surface area (Å²) >= 11 is 0. The van der Waals surface area contributed by atoms with E-state index in [1.165, 1.54) is 6.07 Å². The fraction of sp³-hybridized carbons (Fsp3) is 0.600. The summed E-state index contributed by atoms with van der Waals surface area (Å²) in [4.78, 5) is 24.4. The molecule has 7 nitrogen and oxygen atoms in total. The molecule has 28 heavy (non-hydrogen) atoms. The number of hydrogen-bond acceptors (Lipinski definition) is 5. The van der Waals surface area contributed by atoms with E-state index in [1.54, 1.807) is 26.0 Å². The maximum absolute atomic E-state index is 12.7. The minimum absolute atomic E-state index is 0.0235. The van der Waals surface area contributed by atoms with Crippen LogP contribution in [0.2, 0.25) is 0 Å². The summed E-state index contributed by atoms with van der Waals surface area (Å²) in [5.74, 6) is -1.53. The molecular weight excluding hydrogens is 380 g/mol. The number of sulfonamides is 1. The van der Waals surface area contributed by atoms with Gasteiger partial charge in [0, 0.05) is 6.04 Å². The van der Waals surface area contributed by atoms with Crippen molar-refractivity contribution < 1.29 is 22.7 Å². The Hall–Kier alpha value is -1.93. The Balaban J connectivity index is 2.82. The third kappa shape index (κ3) is 6.91. The van der Waals surface area contributed by atoms with Gasteiger partial charge >= 0.3 is 5.97 Å². The number of carbonyl (C=O) groups is 2. The molecule has 0 heterocycles. The van der Waals surface area contributed by atoms with Gasteiger partial charge in [0.15, 0.2) is 6.61 Å². The van der Waals surface area contributed by atoms with Crippen molar-refractivity contribution in [1.82, 2.24) is 10.0 Å². The highest BCUT2D eigenvalue weighted by molar-refractivity contribution is 7.89. The second-order valence-corrected chi connectivity index (χ2v) is 8.99. The molecule has 1 aromatic carbocycles. The summed E-state index contributed by atoms with van der Waals surface area (Å²) < 4.78 is 32.8. The molecule has 1 amide bonds. The first-order valence-corrected chi connectivity index (χ1v) is 11.1. The zero-order valence-electron chi connectivity index (χ0n) is 17.5. The Kier molecular flexibility index (Phi) is 9.10. The van der Waals surface area contributed by atoms with Crippen LogP contribution < -0.4 is 10.0 Å². The van der Waals surface area contributed by atoms with Gasteiger partial charge in [0.1, 0.15) is 6.04 Å². The lowest BCUT2D eigenvalue weighted by Crippen LogP contribution is -2.46. The average molecular weight is 413 g/mol. The Morgan fingerprint density at radius 2 is 1.68 bits per heavy atom. The minimum Gasteiger partial charge on any atom is -0.454 e. The third-order valence-electron chi connectivity index (χ3n) is 4.69. The van der Waals surface area contributed by atoms with Gasteiger partial charge in [-0.2, -0.15) is 4.72 Å². The summed E-state index contributed by atoms with van der Waals surface area (Å²) in [5.41, 5.74) is 1.81. The molecule has 0 spiro atoms. The van der Waals surface area contributed by atoms with Gasteiger partial charge in [-0.15, -0.1) is 0 Å². The van der Waals surface area contributed by atoms with Gasteiger partial charge in [-0.05, 0) is 55.9 Å². The van der Waals surface area contributed by atoms with Crippen molar-refractivity contribution in [1.29, 1.82) is 0 Å². The van der Waals surface area contributed by atoms with Gasteiger partial charge in [-0.1, -0.05) is 33.8 Å². The molecule has 0 aromatic heterocycles. The smallest absolute Gasteiger partial charge is 0.324 e. The highest BCUT2D eigenvalue weighted by atomic mass is 32.2. The Morgan fingerprint density at radius 3 is 2.18 bits per heavy atom. The van der Waals surface area contributed by atoms with Gasteiger partial charge in [0.05, 0.1) is 4.90 Å². The topological polar surface area (TPSA) is 102 Å². The molecule has 0 aliphatic carbocycles. The summed E-state index contributed by atoms with van der Waals surface area (Å²) in [5, 5.41) is 2.77. The molecule has 0 unspecified atom stereocenters. The molecule has 1 aromatic rings. The van der Waals surface area contributed by atoms with Crippen LogP contribution in [0.1, 0.15) is 51.7 Å². The highest BCUT2D eigenvalue weighted by Crippen LogP contribution is 2.16. The summed E-state index contributed by atoms with van der Waals surface area (Å²) in [6.07, 6.45) is 1.56. The lowest BCUT2D eigenvalue weighted by atomic mass is 10.1. The summed E-state index contributed by atoms with van der Waals surface area (Å²) in [6, 6.07) is 3.71. The number of benzene rings is 1. The molecule has 8 heteroatoms. The van der Waals surface area contributed by atoms with Crippen LogP contribution >= 0.6 is 0 Å². The van der Waals surface area contributed by atoms with E-state index in [2.05, 4.69) is 10.0 Å². The van der Waals surface area contributed by atoms with Crippen molar-refractivity contribution in [2.75, 3.05) is 6.61 Å². The standard InChI is InChI=1S/C20H32N2O5S/c1-7-16(8-2)21-18(23)12-27-20(24)19(13(3)4)22-28(25,26)17-10-9-14(5)15(6)11-17/h9-11,13,16,19,22H,7-8,12H2,1-6H3,(H,21,23)/t19-/m1/s1. The molecule has 0 bridgehead atoms. The Labute approximate surface area is 168 Å². The zero-order chi connectivity index (χ0) is 21.5. The molecule has 1 rings (SSSR count). The molecule has 0 saturated carbocycles. The Bertz CT molecular complexity index is 786. The van der Waals surface area contributed by atoms with Gasteiger partial charge < -0.3 is 10.1 Å². The normalized spacial score (nSPS) is 12.9. The van der Waals surface area contributed by atoms with Crippen molar-refractivity contribution in [3.8, 4) is 0 Å². The fourth-order valence-electron chi connectivity index (χ4n) is 2.56. The third-order valence-corrected chi connectivity index (χ3v) is 6.13. The molecule has 0 radical (unpaired) electrons. The largest absolute Gasteiger partial charge is 0.454 e. The van der Waals surface area contributed by atoms with Crippen LogP contribution in [0, 0.1) is 19.8 Å². The predicted molar refractivity (Wildman–Crippen MR) is 108 cm³/mol. The van der Waals surface area contributed by atoms with E-state index in [0.717, 1.165) is 24.0 Å². The monoisotopic (exact) mass is 412 g/mol. The maximum Gasteiger partial charge on any atom is 0.324 e. The van der Waals surface area contributed by atoms with Crippen molar-refractivity contribution in [2.45, 2.75) is 71.4 Å². The highest BCUT2D eigenvalue weighted by Gasteiger charge is 2.30. The van der Waals surface area contributed by atoms with E-state index in [9.17, 15) is 18.0 Å². The number of amides is 1. The van der Waals surface area contributed by atoms with Crippen LogP contribution in [-0.4, -0.2) is 39.0 Å². The van der Waals surface area contributed by atoms with Crippen LogP contribution in [0.4, 0.5) is 0 Å². The van der Waals surface area contributed by atoms with Gasteiger partial charge in [0.25, 0.3) is 5.91 Å². The zero-order valence-corrected chi connectivity index (χ0v) is 18.4. The summed E-state index contributed by atoms with van der Waals surface area (Å²) in [6.45, 7) is 10.6. The molecule has 0 fully saturated rings. The van der Waals surface area contributed by atoms with Crippen molar-refractivity contribution >= 4 is 21.9 Å². The molecule has 0 aliphatic rings. The van der Waals surface area contributed by atoms with E-state index in [1.807, 2.05) is 27.7 Å². The van der Waals surface area contributed by atoms with Crippen LogP contribution in [-0.2, 0) is 24.3 Å². The lowest BCUT2D eigenvalue weighted by molar-refractivity contribution is -0.151. The lowest BCUT2D eigenvalue weighted by Gasteiger charge is -2.21. The first-order valence-electron chi connectivity index (χ1n) is 9.57. The SMILES string of the molecule is CCC(CC)NC(=O)COC(=O)[C@H](NS(=O)(=O)c1ccc(C)c(C)c1)C(C)C. The van der Waals surface area contributed by atoms with Gasteiger partial charge in [0.2, 0.25) is 10.0 Å². The fourth-order valence-corrected chi connectivity index (χ4v) is 3.98. The number of nitrogens with one attached hydrogen (secondary N) is 2. The van der Waals surface area contributed by atoms with Crippen LogP contribution in [0.25, 0.3) is 0 Å². The molecule has 2 N–H and O–H groups in total. The number of ether oxygens (including phenoxy) is 1. The first kappa shape index (κ1) is 24.1. The van der Waals surface area contributed by atoms with Crippen LogP contribution in [0.5, 0.6) is 0 Å². The first-order chi connectivity index (χ1) is 13.0. The predicted octanol–water partition coefficient (Wildman–Crippen LogP) is 2.45. The number of esters is 1. The number of carbonyl (C=O) groups excluding carboxylic acids is 2. The average Bonchev–Trinajstić information content (AvgIpc) is 2.64. The number of rotatable bonds is 10. The molecule has 0 saturated heterocycles. The molecule has 0 aliphatic heterocycles. The van der Waals surface area contributed by atoms with Crippen LogP contribution in [0.15, 0.2) is 23.1 Å². The second-order valence-electron chi connectivity index (χ2n) is 7.28. The van der Waals surface area contributed by atoms with Gasteiger partial charge in [-0.3, -0.25) is 9.59 Å². The van der Waals surface area contributed by atoms with E-state index < -0.39 is 34.5 Å². The van der Waals surface area contributed by atoms with E-state index in [4.69, 9.17) is 4.74 Å². The van der Waals surface area contributed by atoms with E-state index in [0.29, 0.717) is 0 Å². The molecule has 158 valence electrons. The number of aryl methyl sites for hydroxylation is 2. The van der Waals surface area contributed by atoms with Crippen LogP contribution in [0.3, 0.4) is 0 Å². The van der Waals surface area contributed by atoms with Gasteiger partial charge in [-0.25, -0.2) is 8.42 Å². The van der Waals surface area contributed by atoms with Crippen molar-refractivity contribution in [3.63, 3.8) is 0 Å². The van der Waals surface area contributed by atoms with E-state index >= 15 is 0 Å². The van der Waals surface area contributed by atoms with E-state index in [-0.39, 0.29) is 16.9 Å². The summed E-state index contributed by atoms with van der Waals surface area (Å²) in [7, 11) is -3.91. The second kappa shape index (κ2) is 10.6. The molecule has 1 atom stereocenters. The maximum atomic E-state index is 12.7.